The van der Waals surface area contributed by atoms with Crippen LogP contribution in [0.1, 0.15) is 49.4 Å². The van der Waals surface area contributed by atoms with Crippen molar-refractivity contribution in [3.05, 3.63) is 63.6 Å². The van der Waals surface area contributed by atoms with E-state index in [-0.39, 0.29) is 0 Å². The van der Waals surface area contributed by atoms with Crippen LogP contribution in [0, 0.1) is 13.8 Å². The number of halogens is 1. The molecule has 4 heteroatoms. The van der Waals surface area contributed by atoms with Crippen molar-refractivity contribution < 1.29 is 4.74 Å². The van der Waals surface area contributed by atoms with Crippen LogP contribution in [-0.2, 0) is 6.61 Å². The Morgan fingerprint density at radius 2 is 2.04 bits per heavy atom. The van der Waals surface area contributed by atoms with E-state index in [1.807, 2.05) is 25.1 Å². The highest BCUT2D eigenvalue weighted by Gasteiger charge is 2.16. The first kappa shape index (κ1) is 21.2. The molecule has 0 aromatic heterocycles. The van der Waals surface area contributed by atoms with Gasteiger partial charge in [-0.2, -0.15) is 0 Å². The van der Waals surface area contributed by atoms with Gasteiger partial charge in [-0.3, -0.25) is 4.99 Å². The average Bonchev–Trinajstić information content (AvgIpc) is 2.62. The van der Waals surface area contributed by atoms with Gasteiger partial charge >= 0.3 is 0 Å². The summed E-state index contributed by atoms with van der Waals surface area (Å²) in [7, 11) is 0. The summed E-state index contributed by atoms with van der Waals surface area (Å²) in [6.07, 6.45) is 2.79. The number of anilines is 1. The van der Waals surface area contributed by atoms with Gasteiger partial charge in [-0.1, -0.05) is 37.8 Å². The molecule has 3 nitrogen and oxygen atoms in total. The van der Waals surface area contributed by atoms with Crippen LogP contribution in [0.4, 0.5) is 5.69 Å². The van der Waals surface area contributed by atoms with E-state index in [0.717, 1.165) is 39.0 Å². The van der Waals surface area contributed by atoms with Crippen LogP contribution < -0.4 is 10.1 Å². The molecular formula is C23H29BrN2O. The molecule has 0 aliphatic heterocycles. The summed E-state index contributed by atoms with van der Waals surface area (Å²) in [5.74, 6) is 0.848. The quantitative estimate of drug-likeness (QED) is 0.365. The molecule has 0 fully saturated rings. The fraction of sp³-hybridized carbons (Fsp3) is 0.348. The molecule has 0 bridgehead atoms. The van der Waals surface area contributed by atoms with Crippen molar-refractivity contribution in [2.75, 3.05) is 5.32 Å². The molecule has 27 heavy (non-hydrogen) atoms. The zero-order chi connectivity index (χ0) is 20.0. The minimum Gasteiger partial charge on any atom is -0.487 e. The van der Waals surface area contributed by atoms with Gasteiger partial charge in [0.25, 0.3) is 0 Å². The maximum Gasteiger partial charge on any atom is 0.137 e. The van der Waals surface area contributed by atoms with E-state index < -0.39 is 0 Å². The highest BCUT2D eigenvalue weighted by molar-refractivity contribution is 9.10. The number of hydrogen-bond acceptors (Lipinski definition) is 2. The first-order valence-electron chi connectivity index (χ1n) is 9.29. The number of ether oxygens (including phenoxy) is 1. The molecule has 0 radical (unpaired) electrons. The van der Waals surface area contributed by atoms with Crippen molar-refractivity contribution in [1.82, 2.24) is 0 Å². The summed E-state index contributed by atoms with van der Waals surface area (Å²) >= 11 is 3.67. The van der Waals surface area contributed by atoms with Gasteiger partial charge in [0, 0.05) is 22.9 Å². The van der Waals surface area contributed by atoms with Crippen molar-refractivity contribution in [1.29, 1.82) is 0 Å². The third-order valence-corrected chi connectivity index (χ3v) is 5.26. The van der Waals surface area contributed by atoms with Gasteiger partial charge in [-0.15, -0.1) is 0 Å². The van der Waals surface area contributed by atoms with Crippen LogP contribution in [0.15, 0.2) is 46.4 Å². The number of aliphatic imine (C=N–C) groups is 1. The molecule has 0 aliphatic rings. The molecule has 0 spiro atoms. The van der Waals surface area contributed by atoms with Crippen molar-refractivity contribution >= 4 is 33.5 Å². The van der Waals surface area contributed by atoms with Crippen molar-refractivity contribution in [2.45, 2.75) is 53.7 Å². The third-order valence-electron chi connectivity index (χ3n) is 4.67. The van der Waals surface area contributed by atoms with Crippen LogP contribution in [0.3, 0.4) is 0 Å². The standard InChI is InChI=1S/C23H29BrN2O/c1-7-17(5)25-14-26-21-12-20(24)23(18(6)22(21)15(2)3)27-13-19-11-9-8-10-16(19)4/h8-12,14,17H,2,7,13H2,1,3-6H3,(H,25,26). The van der Waals surface area contributed by atoms with Crippen molar-refractivity contribution in [3.63, 3.8) is 0 Å². The second kappa shape index (κ2) is 9.75. The fourth-order valence-electron chi connectivity index (χ4n) is 2.86. The predicted molar refractivity (Wildman–Crippen MR) is 121 cm³/mol. The van der Waals surface area contributed by atoms with Gasteiger partial charge in [0.1, 0.15) is 12.4 Å². The van der Waals surface area contributed by atoms with E-state index >= 15 is 0 Å². The summed E-state index contributed by atoms with van der Waals surface area (Å²) in [6, 6.07) is 10.6. The first-order chi connectivity index (χ1) is 12.8. The van der Waals surface area contributed by atoms with E-state index in [1.54, 1.807) is 6.34 Å². The van der Waals surface area contributed by atoms with Crippen LogP contribution in [-0.4, -0.2) is 12.4 Å². The molecule has 1 atom stereocenters. The SMILES string of the molecule is C=C(C)c1c(NC=NC(C)CC)cc(Br)c(OCc2ccccc2C)c1C. The molecule has 0 heterocycles. The lowest BCUT2D eigenvalue weighted by Crippen LogP contribution is -2.06. The topological polar surface area (TPSA) is 33.6 Å². The third kappa shape index (κ3) is 5.46. The highest BCUT2D eigenvalue weighted by atomic mass is 79.9. The largest absolute Gasteiger partial charge is 0.487 e. The Morgan fingerprint density at radius 1 is 1.33 bits per heavy atom. The Balaban J connectivity index is 2.31. The summed E-state index contributed by atoms with van der Waals surface area (Å²) in [5.41, 5.74) is 6.50. The number of nitrogens with zero attached hydrogens (tertiary/aromatic N) is 1. The van der Waals surface area contributed by atoms with E-state index in [1.165, 1.54) is 11.1 Å². The van der Waals surface area contributed by atoms with Gasteiger partial charge < -0.3 is 10.1 Å². The molecule has 0 saturated carbocycles. The van der Waals surface area contributed by atoms with Gasteiger partial charge in [-0.25, -0.2) is 0 Å². The zero-order valence-corrected chi connectivity index (χ0v) is 18.5. The molecular weight excluding hydrogens is 400 g/mol. The summed E-state index contributed by atoms with van der Waals surface area (Å²) in [6.45, 7) is 15.1. The molecule has 2 aromatic carbocycles. The van der Waals surface area contributed by atoms with E-state index in [9.17, 15) is 0 Å². The highest BCUT2D eigenvalue weighted by Crippen LogP contribution is 2.39. The minimum absolute atomic E-state index is 0.298. The lowest BCUT2D eigenvalue weighted by Gasteiger charge is -2.19. The van der Waals surface area contributed by atoms with Crippen LogP contribution in [0.2, 0.25) is 0 Å². The smallest absolute Gasteiger partial charge is 0.137 e. The molecule has 144 valence electrons. The lowest BCUT2D eigenvalue weighted by molar-refractivity contribution is 0.301. The van der Waals surface area contributed by atoms with E-state index in [2.05, 4.69) is 72.6 Å². The molecule has 1 N–H and O–H groups in total. The van der Waals surface area contributed by atoms with Crippen LogP contribution in [0.5, 0.6) is 5.75 Å². The molecule has 0 aliphatic carbocycles. The number of aryl methyl sites for hydroxylation is 1. The normalized spacial score (nSPS) is 12.2. The average molecular weight is 429 g/mol. The summed E-state index contributed by atoms with van der Waals surface area (Å²) in [4.78, 5) is 4.49. The number of nitrogens with one attached hydrogen (secondary N) is 1. The second-order valence-electron chi connectivity index (χ2n) is 6.91. The predicted octanol–water partition coefficient (Wildman–Crippen LogP) is 6.92. The Morgan fingerprint density at radius 3 is 2.67 bits per heavy atom. The van der Waals surface area contributed by atoms with E-state index in [4.69, 9.17) is 4.74 Å². The van der Waals surface area contributed by atoms with Gasteiger partial charge in [0.15, 0.2) is 0 Å². The Bertz CT molecular complexity index is 843. The Labute approximate surface area is 171 Å². The molecule has 0 saturated heterocycles. The summed E-state index contributed by atoms with van der Waals surface area (Å²) < 4.78 is 7.11. The Hall–Kier alpha value is -2.07. The van der Waals surface area contributed by atoms with Gasteiger partial charge in [0.2, 0.25) is 0 Å². The lowest BCUT2D eigenvalue weighted by atomic mass is 9.99. The van der Waals surface area contributed by atoms with Crippen LogP contribution in [0.25, 0.3) is 5.57 Å². The number of rotatable bonds is 8. The summed E-state index contributed by atoms with van der Waals surface area (Å²) in [5, 5.41) is 3.31. The number of benzene rings is 2. The molecule has 2 rings (SSSR count). The number of hydrogen-bond donors (Lipinski definition) is 1. The monoisotopic (exact) mass is 428 g/mol. The van der Waals surface area contributed by atoms with Gasteiger partial charge in [-0.05, 0) is 72.8 Å². The maximum absolute atomic E-state index is 6.19. The minimum atomic E-state index is 0.298. The van der Waals surface area contributed by atoms with Crippen LogP contribution >= 0.6 is 15.9 Å². The second-order valence-corrected chi connectivity index (χ2v) is 7.76. The van der Waals surface area contributed by atoms with E-state index in [0.29, 0.717) is 12.6 Å². The molecule has 2 aromatic rings. The molecule has 1 unspecified atom stereocenters. The maximum atomic E-state index is 6.19. The van der Waals surface area contributed by atoms with Crippen molar-refractivity contribution in [3.8, 4) is 5.75 Å². The fourth-order valence-corrected chi connectivity index (χ4v) is 3.50. The first-order valence-corrected chi connectivity index (χ1v) is 10.1. The van der Waals surface area contributed by atoms with Crippen molar-refractivity contribution in [2.24, 2.45) is 4.99 Å². The Kier molecular flexibility index (Phi) is 7.66. The molecule has 0 amide bonds. The number of allylic oxidation sites excluding steroid dienone is 1. The zero-order valence-electron chi connectivity index (χ0n) is 16.9. The van der Waals surface area contributed by atoms with Gasteiger partial charge in [0.05, 0.1) is 10.8 Å².